The number of carbonyl (C=O) groups is 1. The molecule has 3 rings (SSSR count). The summed E-state index contributed by atoms with van der Waals surface area (Å²) in [6.07, 6.45) is 3.03. The van der Waals surface area contributed by atoms with E-state index in [9.17, 15) is 14.9 Å². The van der Waals surface area contributed by atoms with Gasteiger partial charge in [0.2, 0.25) is 0 Å². The molecule has 0 bridgehead atoms. The molecule has 1 aromatic heterocycles. The predicted molar refractivity (Wildman–Crippen MR) is 101 cm³/mol. The van der Waals surface area contributed by atoms with Crippen LogP contribution < -0.4 is 5.32 Å². The number of hydrogen-bond donors (Lipinski definition) is 2. The number of aromatic nitrogens is 2. The minimum atomic E-state index is -0.560. The number of aromatic amines is 1. The van der Waals surface area contributed by atoms with Crippen LogP contribution in [0.15, 0.2) is 36.4 Å². The van der Waals surface area contributed by atoms with Crippen LogP contribution in [0.1, 0.15) is 35.9 Å². The van der Waals surface area contributed by atoms with Crippen molar-refractivity contribution in [2.24, 2.45) is 0 Å². The van der Waals surface area contributed by atoms with Crippen molar-refractivity contribution in [1.29, 1.82) is 0 Å². The van der Waals surface area contributed by atoms with Crippen molar-refractivity contribution in [2.75, 3.05) is 5.32 Å². The van der Waals surface area contributed by atoms with Crippen molar-refractivity contribution in [3.63, 3.8) is 0 Å². The molecule has 2 N–H and O–H groups in total. The fourth-order valence-electron chi connectivity index (χ4n) is 2.60. The number of unbranched alkanes of at least 4 members (excludes halogenated alkanes) is 1. The molecule has 134 valence electrons. The quantitative estimate of drug-likeness (QED) is 0.482. The number of nitrogens with zero attached hydrogens (tertiary/aromatic N) is 2. The number of nitro groups is 1. The van der Waals surface area contributed by atoms with E-state index in [0.29, 0.717) is 5.69 Å². The van der Waals surface area contributed by atoms with Gasteiger partial charge < -0.3 is 10.3 Å². The standard InChI is InChI=1S/C18H17ClN4O3/c1-2-3-4-17-21-15-8-5-11(9-16(15)22-17)20-18(24)13-7-6-12(23(25)26)10-14(13)19/h5-10H,2-4H2,1H3,(H,20,24)(H,21,22). The first-order valence-electron chi connectivity index (χ1n) is 8.22. The Morgan fingerprint density at radius 2 is 2.12 bits per heavy atom. The summed E-state index contributed by atoms with van der Waals surface area (Å²) in [6, 6.07) is 9.13. The highest BCUT2D eigenvalue weighted by Crippen LogP contribution is 2.24. The molecule has 1 heterocycles. The van der Waals surface area contributed by atoms with E-state index in [0.717, 1.165) is 42.2 Å². The lowest BCUT2D eigenvalue weighted by Gasteiger charge is -2.06. The minimum absolute atomic E-state index is 0.0289. The van der Waals surface area contributed by atoms with Gasteiger partial charge in [0.05, 0.1) is 26.5 Å². The first-order chi connectivity index (χ1) is 12.5. The fourth-order valence-corrected chi connectivity index (χ4v) is 2.86. The maximum absolute atomic E-state index is 12.4. The summed E-state index contributed by atoms with van der Waals surface area (Å²) in [7, 11) is 0. The number of non-ortho nitro benzene ring substituents is 1. The molecule has 0 fully saturated rings. The number of rotatable bonds is 6. The molecule has 0 radical (unpaired) electrons. The van der Waals surface area contributed by atoms with Gasteiger partial charge in [0, 0.05) is 24.2 Å². The number of imidazole rings is 1. The van der Waals surface area contributed by atoms with Crippen molar-refractivity contribution >= 4 is 39.9 Å². The Labute approximate surface area is 154 Å². The molecule has 0 aliphatic heterocycles. The Morgan fingerprint density at radius 3 is 2.81 bits per heavy atom. The zero-order valence-corrected chi connectivity index (χ0v) is 14.8. The van der Waals surface area contributed by atoms with E-state index in [1.807, 2.05) is 6.07 Å². The zero-order valence-electron chi connectivity index (χ0n) is 14.1. The van der Waals surface area contributed by atoms with E-state index >= 15 is 0 Å². The maximum atomic E-state index is 12.4. The van der Waals surface area contributed by atoms with Gasteiger partial charge in [-0.3, -0.25) is 14.9 Å². The van der Waals surface area contributed by atoms with Crippen molar-refractivity contribution < 1.29 is 9.72 Å². The first kappa shape index (κ1) is 17.9. The number of anilines is 1. The number of halogens is 1. The number of nitrogens with one attached hydrogen (secondary N) is 2. The molecule has 0 spiro atoms. The van der Waals surface area contributed by atoms with Crippen LogP contribution in [0.25, 0.3) is 11.0 Å². The van der Waals surface area contributed by atoms with Gasteiger partial charge in [-0.1, -0.05) is 24.9 Å². The van der Waals surface area contributed by atoms with Crippen LogP contribution in [0.4, 0.5) is 11.4 Å². The summed E-state index contributed by atoms with van der Waals surface area (Å²) in [5.41, 5.74) is 2.27. The topological polar surface area (TPSA) is 101 Å². The molecule has 2 aromatic carbocycles. The van der Waals surface area contributed by atoms with Gasteiger partial charge in [0.15, 0.2) is 0 Å². The zero-order chi connectivity index (χ0) is 18.7. The van der Waals surface area contributed by atoms with Gasteiger partial charge in [-0.05, 0) is 30.7 Å². The highest BCUT2D eigenvalue weighted by Gasteiger charge is 2.15. The van der Waals surface area contributed by atoms with E-state index in [2.05, 4.69) is 22.2 Å². The highest BCUT2D eigenvalue weighted by molar-refractivity contribution is 6.34. The molecule has 0 saturated heterocycles. The number of aryl methyl sites for hydroxylation is 1. The lowest BCUT2D eigenvalue weighted by atomic mass is 10.2. The second-order valence-electron chi connectivity index (χ2n) is 5.89. The number of carbonyl (C=O) groups excluding carboxylic acids is 1. The van der Waals surface area contributed by atoms with Gasteiger partial charge in [-0.15, -0.1) is 0 Å². The number of nitro benzene ring substituents is 1. The summed E-state index contributed by atoms with van der Waals surface area (Å²) in [4.78, 5) is 30.4. The minimum Gasteiger partial charge on any atom is -0.342 e. The molecule has 0 aliphatic rings. The second-order valence-corrected chi connectivity index (χ2v) is 6.30. The van der Waals surface area contributed by atoms with Crippen LogP contribution in [-0.2, 0) is 6.42 Å². The van der Waals surface area contributed by atoms with E-state index in [1.54, 1.807) is 12.1 Å². The van der Waals surface area contributed by atoms with Crippen molar-refractivity contribution in [3.8, 4) is 0 Å². The fraction of sp³-hybridized carbons (Fsp3) is 0.222. The smallest absolute Gasteiger partial charge is 0.270 e. The third kappa shape index (κ3) is 3.83. The monoisotopic (exact) mass is 372 g/mol. The van der Waals surface area contributed by atoms with Crippen LogP contribution in [0.5, 0.6) is 0 Å². The molecular formula is C18H17ClN4O3. The van der Waals surface area contributed by atoms with Gasteiger partial charge in [0.1, 0.15) is 5.82 Å². The number of H-pyrrole nitrogens is 1. The van der Waals surface area contributed by atoms with E-state index in [-0.39, 0.29) is 16.3 Å². The lowest BCUT2D eigenvalue weighted by molar-refractivity contribution is -0.384. The Morgan fingerprint density at radius 1 is 1.31 bits per heavy atom. The molecule has 26 heavy (non-hydrogen) atoms. The predicted octanol–water partition coefficient (Wildman–Crippen LogP) is 4.72. The number of benzene rings is 2. The van der Waals surface area contributed by atoms with Gasteiger partial charge in [0.25, 0.3) is 11.6 Å². The molecule has 0 unspecified atom stereocenters. The number of amides is 1. The first-order valence-corrected chi connectivity index (χ1v) is 8.59. The number of fused-ring (bicyclic) bond motifs is 1. The Balaban J connectivity index is 1.79. The molecule has 0 aliphatic carbocycles. The van der Waals surface area contributed by atoms with Crippen LogP contribution in [-0.4, -0.2) is 20.8 Å². The third-order valence-corrected chi connectivity index (χ3v) is 4.28. The van der Waals surface area contributed by atoms with Gasteiger partial charge in [-0.25, -0.2) is 4.98 Å². The molecule has 1 amide bonds. The lowest BCUT2D eigenvalue weighted by Crippen LogP contribution is -2.12. The average molecular weight is 373 g/mol. The molecule has 8 heteroatoms. The average Bonchev–Trinajstić information content (AvgIpc) is 3.01. The summed E-state index contributed by atoms with van der Waals surface area (Å²) in [5, 5.41) is 13.5. The Hall–Kier alpha value is -2.93. The normalized spacial score (nSPS) is 10.8. The molecule has 7 nitrogen and oxygen atoms in total. The summed E-state index contributed by atoms with van der Waals surface area (Å²) >= 11 is 6.00. The van der Waals surface area contributed by atoms with Gasteiger partial charge in [-0.2, -0.15) is 0 Å². The Bertz CT molecular complexity index is 984. The van der Waals surface area contributed by atoms with Crippen molar-refractivity contribution in [1.82, 2.24) is 9.97 Å². The number of hydrogen-bond acceptors (Lipinski definition) is 4. The summed E-state index contributed by atoms with van der Waals surface area (Å²) in [5.74, 6) is 0.485. The van der Waals surface area contributed by atoms with Crippen molar-refractivity contribution in [2.45, 2.75) is 26.2 Å². The van der Waals surface area contributed by atoms with Crippen LogP contribution in [0.3, 0.4) is 0 Å². The van der Waals surface area contributed by atoms with Crippen LogP contribution in [0, 0.1) is 10.1 Å². The van der Waals surface area contributed by atoms with Crippen LogP contribution in [0.2, 0.25) is 5.02 Å². The van der Waals surface area contributed by atoms with E-state index in [4.69, 9.17) is 11.6 Å². The van der Waals surface area contributed by atoms with Crippen LogP contribution >= 0.6 is 11.6 Å². The van der Waals surface area contributed by atoms with E-state index < -0.39 is 10.8 Å². The molecule has 0 saturated carbocycles. The Kier molecular flexibility index (Phi) is 5.18. The van der Waals surface area contributed by atoms with Crippen molar-refractivity contribution in [3.05, 3.63) is 62.9 Å². The highest BCUT2D eigenvalue weighted by atomic mass is 35.5. The third-order valence-electron chi connectivity index (χ3n) is 3.96. The summed E-state index contributed by atoms with van der Waals surface area (Å²) < 4.78 is 0. The molecular weight excluding hydrogens is 356 g/mol. The van der Waals surface area contributed by atoms with E-state index in [1.165, 1.54) is 12.1 Å². The van der Waals surface area contributed by atoms with Gasteiger partial charge >= 0.3 is 0 Å². The molecule has 3 aromatic rings. The summed E-state index contributed by atoms with van der Waals surface area (Å²) in [6.45, 7) is 2.12. The maximum Gasteiger partial charge on any atom is 0.270 e. The SMILES string of the molecule is CCCCc1nc2ccc(NC(=O)c3ccc([N+](=O)[O-])cc3Cl)cc2[nH]1. The largest absolute Gasteiger partial charge is 0.342 e. The second kappa shape index (κ2) is 7.53. The molecule has 0 atom stereocenters.